The van der Waals surface area contributed by atoms with Gasteiger partial charge in [-0.15, -0.1) is 5.53 Å². The van der Waals surface area contributed by atoms with Crippen LogP contribution in [0.5, 0.6) is 0 Å². The minimum Gasteiger partial charge on any atom is -0.304 e. The van der Waals surface area contributed by atoms with Gasteiger partial charge < -0.3 is 10.9 Å². The summed E-state index contributed by atoms with van der Waals surface area (Å²) in [6.45, 7) is 0. The lowest BCUT2D eigenvalue weighted by Gasteiger charge is -2.06. The fourth-order valence-electron chi connectivity index (χ4n) is 0.704. The molecule has 0 aromatic heterocycles. The van der Waals surface area contributed by atoms with Crippen molar-refractivity contribution in [3.63, 3.8) is 0 Å². The summed E-state index contributed by atoms with van der Waals surface area (Å²) < 4.78 is 1.02. The molecule has 0 unspecified atom stereocenters. The fourth-order valence-corrected chi connectivity index (χ4v) is 1.16. The summed E-state index contributed by atoms with van der Waals surface area (Å²) >= 11 is 7.90. The van der Waals surface area contributed by atoms with Crippen molar-refractivity contribution in [2.75, 3.05) is 5.43 Å². The zero-order valence-corrected chi connectivity index (χ0v) is 8.58. The lowest BCUT2D eigenvalue weighted by Crippen LogP contribution is -2.34. The van der Waals surface area contributed by atoms with Gasteiger partial charge in [-0.3, -0.25) is 0 Å². The minimum absolute atomic E-state index is 0.953. The van der Waals surface area contributed by atoms with E-state index in [1.807, 2.05) is 24.3 Å². The lowest BCUT2D eigenvalue weighted by atomic mass is 10.3. The van der Waals surface area contributed by atoms with Crippen molar-refractivity contribution < 1.29 is 0 Å². The summed E-state index contributed by atoms with van der Waals surface area (Å²) in [5.74, 6) is 0. The second-order valence-corrected chi connectivity index (χ2v) is 3.17. The van der Waals surface area contributed by atoms with E-state index in [4.69, 9.17) is 0 Å². The predicted molar refractivity (Wildman–Crippen MR) is 57.7 cm³/mol. The molecule has 3 nitrogen and oxygen atoms in total. The van der Waals surface area contributed by atoms with Crippen LogP contribution in [-0.2, 0) is 0 Å². The van der Waals surface area contributed by atoms with Gasteiger partial charge in [-0.2, -0.15) is 0 Å². The molecule has 0 fully saturated rings. The highest BCUT2D eigenvalue weighted by Crippen LogP contribution is 2.14. The van der Waals surface area contributed by atoms with Gasteiger partial charge in [-0.05, 0) is 18.2 Å². The third-order valence-corrected chi connectivity index (χ3v) is 1.77. The summed E-state index contributed by atoms with van der Waals surface area (Å²) in [6, 6.07) is 7.77. The molecule has 0 saturated carbocycles. The molecule has 0 aliphatic heterocycles. The number of halogens is 1. The van der Waals surface area contributed by atoms with E-state index in [1.54, 1.807) is 0 Å². The van der Waals surface area contributed by atoms with E-state index in [-0.39, 0.29) is 0 Å². The Morgan fingerprint density at radius 3 is 2.92 bits per heavy atom. The first-order chi connectivity index (χ1) is 5.83. The van der Waals surface area contributed by atoms with Crippen LogP contribution in [-0.4, -0.2) is 5.49 Å². The third kappa shape index (κ3) is 3.17. The monoisotopic (exact) mass is 245 g/mol. The van der Waals surface area contributed by atoms with E-state index in [9.17, 15) is 0 Å². The van der Waals surface area contributed by atoms with Crippen LogP contribution in [0.3, 0.4) is 0 Å². The van der Waals surface area contributed by atoms with Crippen LogP contribution >= 0.6 is 28.1 Å². The van der Waals surface area contributed by atoms with E-state index < -0.39 is 0 Å². The molecule has 0 saturated heterocycles. The molecule has 0 bridgehead atoms. The SMILES string of the molecule is S=CNNNc1cccc(Br)c1. The normalized spacial score (nSPS) is 9.08. The van der Waals surface area contributed by atoms with Crippen molar-refractivity contribution in [1.82, 2.24) is 11.0 Å². The van der Waals surface area contributed by atoms with Crippen LogP contribution in [0.2, 0.25) is 0 Å². The first-order valence-electron chi connectivity index (χ1n) is 3.28. The summed E-state index contributed by atoms with van der Waals surface area (Å²) in [7, 11) is 0. The molecule has 1 rings (SSSR count). The smallest absolute Gasteiger partial charge is 0.0773 e. The van der Waals surface area contributed by atoms with Gasteiger partial charge in [0.25, 0.3) is 0 Å². The van der Waals surface area contributed by atoms with Crippen molar-refractivity contribution in [1.29, 1.82) is 0 Å². The molecule has 0 aliphatic rings. The highest BCUT2D eigenvalue weighted by Gasteiger charge is 1.89. The zero-order chi connectivity index (χ0) is 8.81. The van der Waals surface area contributed by atoms with Crippen molar-refractivity contribution in [2.45, 2.75) is 0 Å². The van der Waals surface area contributed by atoms with Crippen LogP contribution < -0.4 is 16.4 Å². The summed E-state index contributed by atoms with van der Waals surface area (Å²) in [5, 5.41) is 0. The highest BCUT2D eigenvalue weighted by molar-refractivity contribution is 9.10. The van der Waals surface area contributed by atoms with E-state index >= 15 is 0 Å². The Kier molecular flexibility index (Phi) is 3.99. The van der Waals surface area contributed by atoms with Crippen LogP contribution in [0.15, 0.2) is 28.7 Å². The van der Waals surface area contributed by atoms with Crippen molar-refractivity contribution in [2.24, 2.45) is 0 Å². The van der Waals surface area contributed by atoms with Gasteiger partial charge in [-0.25, -0.2) is 0 Å². The summed E-state index contributed by atoms with van der Waals surface area (Å²) in [6.07, 6.45) is 0. The first-order valence-corrected chi connectivity index (χ1v) is 4.55. The van der Waals surface area contributed by atoms with E-state index in [2.05, 4.69) is 44.5 Å². The second-order valence-electron chi connectivity index (χ2n) is 2.02. The van der Waals surface area contributed by atoms with Gasteiger partial charge in [0.1, 0.15) is 0 Å². The number of rotatable bonds is 4. The Balaban J connectivity index is 2.46. The molecular weight excluding hydrogens is 238 g/mol. The number of hydrogen-bond donors (Lipinski definition) is 3. The van der Waals surface area contributed by atoms with Crippen molar-refractivity contribution >= 4 is 39.3 Å². The van der Waals surface area contributed by atoms with E-state index in [0.29, 0.717) is 0 Å². The molecule has 5 heteroatoms. The molecule has 0 aliphatic carbocycles. The number of anilines is 1. The Morgan fingerprint density at radius 2 is 2.25 bits per heavy atom. The number of benzene rings is 1. The Bertz CT molecular complexity index is 267. The maximum atomic E-state index is 4.55. The lowest BCUT2D eigenvalue weighted by molar-refractivity contribution is 0.773. The van der Waals surface area contributed by atoms with Gasteiger partial charge in [0, 0.05) is 4.47 Å². The topological polar surface area (TPSA) is 36.1 Å². The quantitative estimate of drug-likeness (QED) is 0.430. The molecule has 0 amide bonds. The molecule has 0 heterocycles. The Hall–Kier alpha value is -0.650. The maximum absolute atomic E-state index is 4.55. The fraction of sp³-hybridized carbons (Fsp3) is 0. The first kappa shape index (κ1) is 9.44. The van der Waals surface area contributed by atoms with Crippen LogP contribution in [0.4, 0.5) is 5.69 Å². The number of thiocarbonyl (C=S) groups is 1. The average Bonchev–Trinajstić information content (AvgIpc) is 2.05. The summed E-state index contributed by atoms with van der Waals surface area (Å²) in [5.41, 5.74) is 10.6. The third-order valence-electron chi connectivity index (χ3n) is 1.16. The van der Waals surface area contributed by atoms with Gasteiger partial charge in [0.15, 0.2) is 0 Å². The van der Waals surface area contributed by atoms with E-state index in [0.717, 1.165) is 10.2 Å². The molecule has 1 aromatic rings. The second kappa shape index (κ2) is 5.08. The Labute approximate surface area is 84.6 Å². The van der Waals surface area contributed by atoms with Gasteiger partial charge in [-0.1, -0.05) is 34.2 Å². The van der Waals surface area contributed by atoms with Crippen molar-refractivity contribution in [3.8, 4) is 0 Å². The Morgan fingerprint density at radius 1 is 1.42 bits per heavy atom. The maximum Gasteiger partial charge on any atom is 0.0773 e. The largest absolute Gasteiger partial charge is 0.304 e. The molecule has 1 aromatic carbocycles. The van der Waals surface area contributed by atoms with Crippen LogP contribution in [0.25, 0.3) is 0 Å². The predicted octanol–water partition coefficient (Wildman–Crippen LogP) is 1.83. The number of nitrogens with one attached hydrogen (secondary N) is 3. The number of hydrogen-bond acceptors (Lipinski definition) is 3. The molecule has 3 N–H and O–H groups in total. The summed E-state index contributed by atoms with van der Waals surface area (Å²) in [4.78, 5) is 0. The molecular formula is C7H8BrN3S. The zero-order valence-electron chi connectivity index (χ0n) is 6.17. The minimum atomic E-state index is 0.953. The van der Waals surface area contributed by atoms with Crippen LogP contribution in [0.1, 0.15) is 0 Å². The van der Waals surface area contributed by atoms with Gasteiger partial charge in [0.2, 0.25) is 0 Å². The molecule has 0 spiro atoms. The van der Waals surface area contributed by atoms with Crippen molar-refractivity contribution in [3.05, 3.63) is 28.7 Å². The molecule has 0 radical (unpaired) electrons. The standard InChI is InChI=1S/C7H8BrN3S/c8-6-2-1-3-7(4-6)10-11-9-5-12/h1-5,10-11H,(H,9,12). The highest BCUT2D eigenvalue weighted by atomic mass is 79.9. The number of hydrazine groups is 2. The average molecular weight is 246 g/mol. The molecule has 12 heavy (non-hydrogen) atoms. The molecule has 64 valence electrons. The molecule has 0 atom stereocenters. The van der Waals surface area contributed by atoms with Gasteiger partial charge >= 0.3 is 0 Å². The van der Waals surface area contributed by atoms with Crippen LogP contribution in [0, 0.1) is 0 Å². The van der Waals surface area contributed by atoms with E-state index in [1.165, 1.54) is 5.49 Å². The van der Waals surface area contributed by atoms with Gasteiger partial charge in [0.05, 0.1) is 11.2 Å².